The Bertz CT molecular complexity index is 424. The highest BCUT2D eigenvalue weighted by Crippen LogP contribution is 2.21. The zero-order valence-electron chi connectivity index (χ0n) is 12.3. The van der Waals surface area contributed by atoms with Crippen LogP contribution in [0, 0.1) is 0 Å². The summed E-state index contributed by atoms with van der Waals surface area (Å²) < 4.78 is 9.87. The second-order valence-electron chi connectivity index (χ2n) is 4.83. The Morgan fingerprint density at radius 1 is 0.950 bits per heavy atom. The molecule has 0 saturated carbocycles. The van der Waals surface area contributed by atoms with Crippen molar-refractivity contribution in [2.24, 2.45) is 0 Å². The first-order valence-corrected chi connectivity index (χ1v) is 6.55. The van der Waals surface area contributed by atoms with Crippen molar-refractivity contribution >= 4 is 17.6 Å². The molecule has 110 valence electrons. The fraction of sp³-hybridized carbons (Fsp3) is 0.467. The minimum absolute atomic E-state index is 0.247. The summed E-state index contributed by atoms with van der Waals surface area (Å²) in [5.41, 5.74) is 1.06. The predicted octanol–water partition coefficient (Wildman–Crippen LogP) is 1.75. The van der Waals surface area contributed by atoms with Crippen molar-refractivity contribution in [2.75, 3.05) is 34.4 Å². The van der Waals surface area contributed by atoms with Crippen LogP contribution in [0.2, 0.25) is 0 Å². The average molecular weight is 280 g/mol. The number of carbonyl (C=O) groups excluding carboxylic acids is 2. The minimum Gasteiger partial charge on any atom is -0.469 e. The third kappa shape index (κ3) is 4.66. The van der Waals surface area contributed by atoms with Gasteiger partial charge >= 0.3 is 11.9 Å². The minimum atomic E-state index is -0.247. The van der Waals surface area contributed by atoms with Gasteiger partial charge in [-0.1, -0.05) is 18.2 Å². The van der Waals surface area contributed by atoms with Gasteiger partial charge in [-0.25, -0.2) is 0 Å². The van der Waals surface area contributed by atoms with Crippen LogP contribution in [-0.4, -0.2) is 46.3 Å². The number of quaternary nitrogens is 1. The quantitative estimate of drug-likeness (QED) is 0.564. The highest BCUT2D eigenvalue weighted by molar-refractivity contribution is 5.70. The van der Waals surface area contributed by atoms with Gasteiger partial charge in [-0.2, -0.15) is 0 Å². The van der Waals surface area contributed by atoms with Crippen molar-refractivity contribution in [1.82, 2.24) is 4.48 Å². The highest BCUT2D eigenvalue weighted by atomic mass is 16.5. The van der Waals surface area contributed by atoms with Gasteiger partial charge in [0.2, 0.25) is 0 Å². The molecule has 0 N–H and O–H groups in total. The molecular weight excluding hydrogens is 258 g/mol. The summed E-state index contributed by atoms with van der Waals surface area (Å²) in [4.78, 5) is 22.7. The molecule has 0 saturated heterocycles. The molecule has 20 heavy (non-hydrogen) atoms. The number of benzene rings is 1. The van der Waals surface area contributed by atoms with E-state index in [-0.39, 0.29) is 11.9 Å². The van der Waals surface area contributed by atoms with Crippen LogP contribution in [0.5, 0.6) is 0 Å². The van der Waals surface area contributed by atoms with Gasteiger partial charge in [-0.05, 0) is 12.1 Å². The number of rotatable bonds is 7. The van der Waals surface area contributed by atoms with E-state index in [0.717, 1.165) is 5.69 Å². The summed E-state index contributed by atoms with van der Waals surface area (Å²) in [6.07, 6.45) is 0.617. The van der Waals surface area contributed by atoms with E-state index in [2.05, 4.69) is 9.47 Å². The van der Waals surface area contributed by atoms with Gasteiger partial charge in [0.1, 0.15) is 5.69 Å². The SMILES string of the molecule is COC(=O)CC[N+](C)(CCC(=O)OC)c1ccccc1. The largest absolute Gasteiger partial charge is 0.469 e. The molecule has 0 atom stereocenters. The second kappa shape index (κ2) is 7.65. The zero-order chi connectivity index (χ0) is 15.0. The van der Waals surface area contributed by atoms with Gasteiger partial charge in [-0.3, -0.25) is 14.1 Å². The third-order valence-corrected chi connectivity index (χ3v) is 3.45. The summed E-state index contributed by atoms with van der Waals surface area (Å²) in [5.74, 6) is -0.494. The first-order valence-electron chi connectivity index (χ1n) is 6.55. The van der Waals surface area contributed by atoms with Crippen LogP contribution in [0.3, 0.4) is 0 Å². The van der Waals surface area contributed by atoms with Crippen LogP contribution in [0.1, 0.15) is 12.8 Å². The van der Waals surface area contributed by atoms with Gasteiger partial charge in [0.15, 0.2) is 0 Å². The Morgan fingerprint density at radius 3 is 1.80 bits per heavy atom. The number of nitrogens with zero attached hydrogens (tertiary/aromatic N) is 1. The monoisotopic (exact) mass is 280 g/mol. The fourth-order valence-electron chi connectivity index (χ4n) is 2.04. The molecule has 0 unspecified atom stereocenters. The van der Waals surface area contributed by atoms with E-state index < -0.39 is 0 Å². The summed E-state index contributed by atoms with van der Waals surface area (Å²) >= 11 is 0. The molecule has 0 aliphatic rings. The molecule has 5 heteroatoms. The van der Waals surface area contributed by atoms with Crippen LogP contribution in [0.4, 0.5) is 5.69 Å². The number of carbonyl (C=O) groups is 2. The Hall–Kier alpha value is -1.88. The molecular formula is C15H22NO4+. The number of ether oxygens (including phenoxy) is 2. The average Bonchev–Trinajstić information content (AvgIpc) is 2.51. The van der Waals surface area contributed by atoms with E-state index in [1.165, 1.54) is 14.2 Å². The Kier molecular flexibility index (Phi) is 6.18. The number of hydrogen-bond acceptors (Lipinski definition) is 4. The van der Waals surface area contributed by atoms with Crippen LogP contribution < -0.4 is 4.48 Å². The van der Waals surface area contributed by atoms with Crippen LogP contribution in [0.25, 0.3) is 0 Å². The van der Waals surface area contributed by atoms with E-state index in [9.17, 15) is 9.59 Å². The highest BCUT2D eigenvalue weighted by Gasteiger charge is 2.27. The first-order chi connectivity index (χ1) is 9.51. The van der Waals surface area contributed by atoms with Gasteiger partial charge in [0.05, 0.1) is 47.2 Å². The van der Waals surface area contributed by atoms with Crippen molar-refractivity contribution in [1.29, 1.82) is 0 Å². The summed E-state index contributed by atoms with van der Waals surface area (Å²) in [6, 6.07) is 9.82. The lowest BCUT2D eigenvalue weighted by atomic mass is 10.2. The molecule has 0 amide bonds. The van der Waals surface area contributed by atoms with Gasteiger partial charge in [0, 0.05) is 0 Å². The lowest BCUT2D eigenvalue weighted by Crippen LogP contribution is -2.48. The smallest absolute Gasteiger partial charge is 0.311 e. The Balaban J connectivity index is 2.82. The molecule has 1 aromatic carbocycles. The Labute approximate surface area is 119 Å². The van der Waals surface area contributed by atoms with Crippen LogP contribution in [-0.2, 0) is 19.1 Å². The van der Waals surface area contributed by atoms with Gasteiger partial charge in [-0.15, -0.1) is 0 Å². The summed E-state index contributed by atoms with van der Waals surface area (Å²) in [6.45, 7) is 1.15. The zero-order valence-corrected chi connectivity index (χ0v) is 12.3. The fourth-order valence-corrected chi connectivity index (χ4v) is 2.04. The van der Waals surface area contributed by atoms with E-state index in [4.69, 9.17) is 0 Å². The topological polar surface area (TPSA) is 52.6 Å². The maximum absolute atomic E-state index is 11.4. The molecule has 0 heterocycles. The molecule has 0 aliphatic heterocycles. The number of para-hydroxylation sites is 1. The standard InChI is InChI=1S/C15H22NO4/c1-16(11-9-14(17)19-2,12-10-15(18)20-3)13-7-5-4-6-8-13/h4-8H,9-12H2,1-3H3/q+1. The molecule has 0 radical (unpaired) electrons. The molecule has 0 bridgehead atoms. The maximum Gasteiger partial charge on any atom is 0.311 e. The maximum atomic E-state index is 11.4. The molecule has 5 nitrogen and oxygen atoms in total. The molecule has 1 rings (SSSR count). The molecule has 0 fully saturated rings. The Morgan fingerprint density at radius 2 is 1.40 bits per heavy atom. The lowest BCUT2D eigenvalue weighted by Gasteiger charge is -2.33. The number of esters is 2. The van der Waals surface area contributed by atoms with Crippen LogP contribution >= 0.6 is 0 Å². The van der Waals surface area contributed by atoms with E-state index in [1.807, 2.05) is 37.4 Å². The number of hydrogen-bond donors (Lipinski definition) is 0. The lowest BCUT2D eigenvalue weighted by molar-refractivity contribution is -0.140. The molecule has 0 aromatic heterocycles. The predicted molar refractivity (Wildman–Crippen MR) is 77.2 cm³/mol. The summed E-state index contributed by atoms with van der Waals surface area (Å²) in [5, 5.41) is 0. The van der Waals surface area contributed by atoms with Gasteiger partial charge in [0.25, 0.3) is 0 Å². The van der Waals surface area contributed by atoms with Crippen molar-refractivity contribution in [3.8, 4) is 0 Å². The second-order valence-corrected chi connectivity index (χ2v) is 4.83. The molecule has 1 aromatic rings. The van der Waals surface area contributed by atoms with Crippen molar-refractivity contribution in [3.05, 3.63) is 30.3 Å². The summed E-state index contributed by atoms with van der Waals surface area (Å²) in [7, 11) is 4.76. The van der Waals surface area contributed by atoms with E-state index in [0.29, 0.717) is 30.4 Å². The molecule has 0 aliphatic carbocycles. The molecule has 0 spiro atoms. The van der Waals surface area contributed by atoms with E-state index >= 15 is 0 Å². The van der Waals surface area contributed by atoms with Gasteiger partial charge < -0.3 is 9.47 Å². The number of methoxy groups -OCH3 is 2. The van der Waals surface area contributed by atoms with Crippen molar-refractivity contribution in [2.45, 2.75) is 12.8 Å². The van der Waals surface area contributed by atoms with Crippen molar-refractivity contribution < 1.29 is 19.1 Å². The first kappa shape index (κ1) is 16.2. The van der Waals surface area contributed by atoms with Crippen LogP contribution in [0.15, 0.2) is 30.3 Å². The normalized spacial score (nSPS) is 10.9. The van der Waals surface area contributed by atoms with Crippen molar-refractivity contribution in [3.63, 3.8) is 0 Å². The third-order valence-electron chi connectivity index (χ3n) is 3.45. The van der Waals surface area contributed by atoms with E-state index in [1.54, 1.807) is 0 Å².